The fourth-order valence-corrected chi connectivity index (χ4v) is 1.74. The van der Waals surface area contributed by atoms with E-state index in [0.29, 0.717) is 17.9 Å². The van der Waals surface area contributed by atoms with Crippen molar-refractivity contribution in [2.45, 2.75) is 32.0 Å². The molecule has 1 heterocycles. The molecule has 0 saturated heterocycles. The summed E-state index contributed by atoms with van der Waals surface area (Å²) in [4.78, 5) is 4.12. The van der Waals surface area contributed by atoms with Crippen molar-refractivity contribution in [1.82, 2.24) is 10.1 Å². The van der Waals surface area contributed by atoms with Crippen molar-refractivity contribution in [3.63, 3.8) is 0 Å². The third-order valence-electron chi connectivity index (χ3n) is 2.82. The van der Waals surface area contributed by atoms with Crippen molar-refractivity contribution in [3.8, 4) is 0 Å². The summed E-state index contributed by atoms with van der Waals surface area (Å²) in [6, 6.07) is 3.92. The fraction of sp³-hybridized carbons (Fsp3) is 0.385. The lowest BCUT2D eigenvalue weighted by Gasteiger charge is -2.10. The molecule has 2 aromatic rings. The number of hydrogen-bond acceptors (Lipinski definition) is 4. The molecule has 0 fully saturated rings. The summed E-state index contributed by atoms with van der Waals surface area (Å²) in [6.07, 6.45) is -2.85. The maximum absolute atomic E-state index is 12.5. The Balaban J connectivity index is 2.17. The highest BCUT2D eigenvalue weighted by Crippen LogP contribution is 2.30. The molecular formula is C13H14F3N3O. The molecule has 108 valence electrons. The SMILES string of the molecule is CCCc1nc(C(N)c2ccc(C(F)(F)F)cc2)no1. The van der Waals surface area contributed by atoms with Crippen LogP contribution in [0.4, 0.5) is 13.2 Å². The van der Waals surface area contributed by atoms with Crippen LogP contribution in [0.1, 0.15) is 42.2 Å². The maximum Gasteiger partial charge on any atom is 0.416 e. The van der Waals surface area contributed by atoms with E-state index in [1.54, 1.807) is 0 Å². The molecule has 20 heavy (non-hydrogen) atoms. The molecule has 0 radical (unpaired) electrons. The Labute approximate surface area is 113 Å². The average molecular weight is 285 g/mol. The first kappa shape index (κ1) is 14.5. The second kappa shape index (κ2) is 5.62. The Bertz CT molecular complexity index is 563. The number of hydrogen-bond donors (Lipinski definition) is 1. The van der Waals surface area contributed by atoms with Gasteiger partial charge in [0.25, 0.3) is 0 Å². The lowest BCUT2D eigenvalue weighted by Crippen LogP contribution is -2.14. The second-order valence-corrected chi connectivity index (χ2v) is 4.39. The molecule has 0 aliphatic heterocycles. The molecule has 0 amide bonds. The van der Waals surface area contributed by atoms with Gasteiger partial charge in [-0.25, -0.2) is 0 Å². The van der Waals surface area contributed by atoms with Crippen LogP contribution in [0.5, 0.6) is 0 Å². The van der Waals surface area contributed by atoms with E-state index >= 15 is 0 Å². The predicted octanol–water partition coefficient (Wildman–Crippen LogP) is 3.09. The highest BCUT2D eigenvalue weighted by atomic mass is 19.4. The maximum atomic E-state index is 12.5. The van der Waals surface area contributed by atoms with E-state index in [1.165, 1.54) is 12.1 Å². The minimum atomic E-state index is -4.36. The van der Waals surface area contributed by atoms with E-state index in [0.717, 1.165) is 18.6 Å². The minimum Gasteiger partial charge on any atom is -0.339 e. The first-order chi connectivity index (χ1) is 9.41. The number of rotatable bonds is 4. The van der Waals surface area contributed by atoms with Gasteiger partial charge in [0.1, 0.15) is 0 Å². The largest absolute Gasteiger partial charge is 0.416 e. The molecule has 2 N–H and O–H groups in total. The second-order valence-electron chi connectivity index (χ2n) is 4.39. The van der Waals surface area contributed by atoms with Crippen LogP contribution in [0.25, 0.3) is 0 Å². The van der Waals surface area contributed by atoms with Crippen molar-refractivity contribution < 1.29 is 17.7 Å². The number of alkyl halides is 3. The number of aromatic nitrogens is 2. The van der Waals surface area contributed by atoms with Crippen LogP contribution in [0.2, 0.25) is 0 Å². The Morgan fingerprint density at radius 2 is 1.90 bits per heavy atom. The van der Waals surface area contributed by atoms with Gasteiger partial charge in [0.05, 0.1) is 11.6 Å². The van der Waals surface area contributed by atoms with Gasteiger partial charge in [-0.2, -0.15) is 18.2 Å². The molecule has 4 nitrogen and oxygen atoms in total. The van der Waals surface area contributed by atoms with Crippen LogP contribution in [0.3, 0.4) is 0 Å². The third-order valence-corrected chi connectivity index (χ3v) is 2.82. The first-order valence-corrected chi connectivity index (χ1v) is 6.17. The van der Waals surface area contributed by atoms with Gasteiger partial charge in [0.2, 0.25) is 5.89 Å². The summed E-state index contributed by atoms with van der Waals surface area (Å²) in [6.45, 7) is 1.97. The van der Waals surface area contributed by atoms with Crippen molar-refractivity contribution in [3.05, 3.63) is 47.1 Å². The molecule has 2 rings (SSSR count). The number of halogens is 3. The fourth-order valence-electron chi connectivity index (χ4n) is 1.74. The molecule has 0 bridgehead atoms. The lowest BCUT2D eigenvalue weighted by atomic mass is 10.0. The van der Waals surface area contributed by atoms with E-state index in [9.17, 15) is 13.2 Å². The van der Waals surface area contributed by atoms with Crippen LogP contribution in [0, 0.1) is 0 Å². The summed E-state index contributed by atoms with van der Waals surface area (Å²) >= 11 is 0. The van der Waals surface area contributed by atoms with Gasteiger partial charge < -0.3 is 10.3 Å². The molecule has 0 spiro atoms. The van der Waals surface area contributed by atoms with E-state index in [4.69, 9.17) is 10.3 Å². The van der Waals surface area contributed by atoms with E-state index in [2.05, 4.69) is 10.1 Å². The van der Waals surface area contributed by atoms with Crippen molar-refractivity contribution in [1.29, 1.82) is 0 Å². The molecule has 0 saturated carbocycles. The quantitative estimate of drug-likeness (QED) is 0.937. The zero-order valence-electron chi connectivity index (χ0n) is 10.8. The van der Waals surface area contributed by atoms with Gasteiger partial charge in [-0.15, -0.1) is 0 Å². The summed E-state index contributed by atoms with van der Waals surface area (Å²) in [5.41, 5.74) is 5.71. The normalized spacial score (nSPS) is 13.4. The highest BCUT2D eigenvalue weighted by Gasteiger charge is 2.30. The molecule has 1 unspecified atom stereocenters. The number of benzene rings is 1. The number of nitrogens with zero attached hydrogens (tertiary/aromatic N) is 2. The summed E-state index contributed by atoms with van der Waals surface area (Å²) < 4.78 is 42.4. The lowest BCUT2D eigenvalue weighted by molar-refractivity contribution is -0.137. The number of aryl methyl sites for hydroxylation is 1. The van der Waals surface area contributed by atoms with Gasteiger partial charge in [-0.05, 0) is 24.1 Å². The molecule has 1 atom stereocenters. The Hall–Kier alpha value is -1.89. The predicted molar refractivity (Wildman–Crippen MR) is 65.8 cm³/mol. The molecule has 1 aromatic heterocycles. The zero-order chi connectivity index (χ0) is 14.8. The molecule has 0 aliphatic rings. The third kappa shape index (κ3) is 3.16. The van der Waals surface area contributed by atoms with Crippen LogP contribution < -0.4 is 5.73 Å². The Morgan fingerprint density at radius 3 is 2.45 bits per heavy atom. The van der Waals surface area contributed by atoms with Crippen molar-refractivity contribution >= 4 is 0 Å². The Morgan fingerprint density at radius 1 is 1.25 bits per heavy atom. The topological polar surface area (TPSA) is 64.9 Å². The zero-order valence-corrected chi connectivity index (χ0v) is 10.8. The summed E-state index contributed by atoms with van der Waals surface area (Å²) in [5.74, 6) is 0.748. The summed E-state index contributed by atoms with van der Waals surface area (Å²) in [7, 11) is 0. The standard InChI is InChI=1S/C13H14F3N3O/c1-2-3-10-18-12(19-20-10)11(17)8-4-6-9(7-5-8)13(14,15)16/h4-7,11H,2-3,17H2,1H3. The van der Waals surface area contributed by atoms with Gasteiger partial charge in [-0.3, -0.25) is 0 Å². The van der Waals surface area contributed by atoms with E-state index in [1.807, 2.05) is 6.92 Å². The molecule has 1 aromatic carbocycles. The Kier molecular flexibility index (Phi) is 4.08. The van der Waals surface area contributed by atoms with E-state index < -0.39 is 17.8 Å². The van der Waals surface area contributed by atoms with Crippen LogP contribution >= 0.6 is 0 Å². The van der Waals surface area contributed by atoms with Gasteiger partial charge >= 0.3 is 6.18 Å². The summed E-state index contributed by atoms with van der Waals surface area (Å²) in [5, 5.41) is 3.75. The van der Waals surface area contributed by atoms with Gasteiger partial charge in [-0.1, -0.05) is 24.2 Å². The monoisotopic (exact) mass is 285 g/mol. The molecule has 0 aliphatic carbocycles. The number of nitrogens with two attached hydrogens (primary N) is 1. The smallest absolute Gasteiger partial charge is 0.339 e. The van der Waals surface area contributed by atoms with Gasteiger partial charge in [0, 0.05) is 6.42 Å². The van der Waals surface area contributed by atoms with Crippen LogP contribution in [-0.4, -0.2) is 10.1 Å². The first-order valence-electron chi connectivity index (χ1n) is 6.17. The highest BCUT2D eigenvalue weighted by molar-refractivity contribution is 5.29. The van der Waals surface area contributed by atoms with E-state index in [-0.39, 0.29) is 5.82 Å². The molecule has 7 heteroatoms. The average Bonchev–Trinajstić information content (AvgIpc) is 2.86. The van der Waals surface area contributed by atoms with Crippen molar-refractivity contribution in [2.75, 3.05) is 0 Å². The van der Waals surface area contributed by atoms with Crippen LogP contribution in [0.15, 0.2) is 28.8 Å². The van der Waals surface area contributed by atoms with Crippen molar-refractivity contribution in [2.24, 2.45) is 5.73 Å². The van der Waals surface area contributed by atoms with Gasteiger partial charge in [0.15, 0.2) is 5.82 Å². The van der Waals surface area contributed by atoms with Crippen LogP contribution in [-0.2, 0) is 12.6 Å². The molecular weight excluding hydrogens is 271 g/mol. The minimum absolute atomic E-state index is 0.271.